The molecule has 0 aromatic heterocycles. The summed E-state index contributed by atoms with van der Waals surface area (Å²) in [7, 11) is 2.11. The van der Waals surface area contributed by atoms with E-state index in [1.165, 1.54) is 45.2 Å². The van der Waals surface area contributed by atoms with E-state index < -0.39 is 0 Å². The van der Waals surface area contributed by atoms with Gasteiger partial charge < -0.3 is 10.2 Å². The molecule has 4 atom stereocenters. The van der Waals surface area contributed by atoms with Gasteiger partial charge in [-0.2, -0.15) is 0 Å². The average molecular weight is 254 g/mol. The van der Waals surface area contributed by atoms with Crippen molar-refractivity contribution in [1.29, 1.82) is 0 Å². The molecule has 1 heterocycles. The molecule has 0 aromatic carbocycles. The van der Waals surface area contributed by atoms with Crippen LogP contribution < -0.4 is 5.32 Å². The summed E-state index contributed by atoms with van der Waals surface area (Å²) in [6, 6.07) is 1.44. The van der Waals surface area contributed by atoms with Crippen molar-refractivity contribution in [2.45, 2.75) is 71.9 Å². The molecule has 1 N–H and O–H groups in total. The Bertz CT molecular complexity index is 217. The summed E-state index contributed by atoms with van der Waals surface area (Å²) in [6.45, 7) is 12.1. The highest BCUT2D eigenvalue weighted by Crippen LogP contribution is 2.26. The lowest BCUT2D eigenvalue weighted by atomic mass is 9.86. The first kappa shape index (κ1) is 16.0. The second kappa shape index (κ2) is 8.16. The lowest BCUT2D eigenvalue weighted by Gasteiger charge is -2.44. The number of hydrogen-bond acceptors (Lipinski definition) is 2. The Morgan fingerprint density at radius 1 is 1.28 bits per heavy atom. The zero-order valence-electron chi connectivity index (χ0n) is 13.2. The monoisotopic (exact) mass is 254 g/mol. The molecule has 1 saturated heterocycles. The highest BCUT2D eigenvalue weighted by atomic mass is 15.2. The largest absolute Gasteiger partial charge is 0.317 e. The van der Waals surface area contributed by atoms with Crippen LogP contribution in [-0.4, -0.2) is 37.1 Å². The fourth-order valence-electron chi connectivity index (χ4n) is 3.35. The number of unbranched alkanes of at least 4 members (excludes halogenated alkanes) is 1. The van der Waals surface area contributed by atoms with Gasteiger partial charge in [-0.05, 0) is 45.2 Å². The van der Waals surface area contributed by atoms with Crippen molar-refractivity contribution in [3.05, 3.63) is 0 Å². The van der Waals surface area contributed by atoms with Gasteiger partial charge in [0.25, 0.3) is 0 Å². The van der Waals surface area contributed by atoms with Crippen LogP contribution in [0.15, 0.2) is 0 Å². The van der Waals surface area contributed by atoms with E-state index in [0.717, 1.165) is 17.9 Å². The molecule has 0 saturated carbocycles. The predicted molar refractivity (Wildman–Crippen MR) is 81.0 cm³/mol. The van der Waals surface area contributed by atoms with Crippen LogP contribution in [0.25, 0.3) is 0 Å². The van der Waals surface area contributed by atoms with Crippen LogP contribution in [0.1, 0.15) is 59.8 Å². The Kier molecular flexibility index (Phi) is 7.25. The standard InChI is InChI=1S/C16H34N2/c1-6-8-9-15(7-2)12-18-11-10-16(17-5)13(3)14(18)4/h13-17H,6-12H2,1-5H3. The van der Waals surface area contributed by atoms with E-state index in [9.17, 15) is 0 Å². The third-order valence-electron chi connectivity index (χ3n) is 5.11. The summed E-state index contributed by atoms with van der Waals surface area (Å²) in [5, 5.41) is 3.48. The van der Waals surface area contributed by atoms with Gasteiger partial charge in [-0.15, -0.1) is 0 Å². The predicted octanol–water partition coefficient (Wildman–Crippen LogP) is 3.52. The molecule has 1 rings (SSSR count). The highest BCUT2D eigenvalue weighted by Gasteiger charge is 2.32. The Hall–Kier alpha value is -0.0800. The quantitative estimate of drug-likeness (QED) is 0.748. The Balaban J connectivity index is 2.46. The molecule has 18 heavy (non-hydrogen) atoms. The van der Waals surface area contributed by atoms with Crippen LogP contribution in [0.3, 0.4) is 0 Å². The van der Waals surface area contributed by atoms with Crippen molar-refractivity contribution in [2.24, 2.45) is 11.8 Å². The second-order valence-corrected chi connectivity index (χ2v) is 6.20. The Labute approximate surface area is 115 Å². The molecule has 0 radical (unpaired) electrons. The molecule has 108 valence electrons. The number of hydrogen-bond donors (Lipinski definition) is 1. The van der Waals surface area contributed by atoms with Gasteiger partial charge in [0.05, 0.1) is 0 Å². The van der Waals surface area contributed by atoms with Gasteiger partial charge in [0, 0.05) is 18.6 Å². The molecule has 2 heteroatoms. The van der Waals surface area contributed by atoms with Crippen LogP contribution in [-0.2, 0) is 0 Å². The van der Waals surface area contributed by atoms with Crippen LogP contribution in [0, 0.1) is 11.8 Å². The van der Waals surface area contributed by atoms with Gasteiger partial charge in [-0.25, -0.2) is 0 Å². The molecule has 0 aromatic rings. The Morgan fingerprint density at radius 2 is 2.00 bits per heavy atom. The van der Waals surface area contributed by atoms with Crippen LogP contribution >= 0.6 is 0 Å². The van der Waals surface area contributed by atoms with Gasteiger partial charge in [0.1, 0.15) is 0 Å². The van der Waals surface area contributed by atoms with E-state index in [0.29, 0.717) is 6.04 Å². The number of piperidine rings is 1. The van der Waals surface area contributed by atoms with E-state index in [1.807, 2.05) is 0 Å². The fourth-order valence-corrected chi connectivity index (χ4v) is 3.35. The molecule has 1 aliphatic rings. The van der Waals surface area contributed by atoms with Crippen molar-refractivity contribution in [3.8, 4) is 0 Å². The molecular formula is C16H34N2. The van der Waals surface area contributed by atoms with E-state index in [2.05, 4.69) is 45.0 Å². The van der Waals surface area contributed by atoms with Gasteiger partial charge in [0.15, 0.2) is 0 Å². The summed E-state index contributed by atoms with van der Waals surface area (Å²) >= 11 is 0. The third kappa shape index (κ3) is 4.24. The highest BCUT2D eigenvalue weighted by molar-refractivity contribution is 4.88. The van der Waals surface area contributed by atoms with E-state index in [1.54, 1.807) is 0 Å². The Morgan fingerprint density at radius 3 is 2.56 bits per heavy atom. The lowest BCUT2D eigenvalue weighted by molar-refractivity contribution is 0.0701. The molecular weight excluding hydrogens is 220 g/mol. The second-order valence-electron chi connectivity index (χ2n) is 6.20. The minimum absolute atomic E-state index is 0.715. The fraction of sp³-hybridized carbons (Fsp3) is 1.00. The minimum atomic E-state index is 0.715. The summed E-state index contributed by atoms with van der Waals surface area (Å²) in [4.78, 5) is 2.74. The smallest absolute Gasteiger partial charge is 0.0117 e. The van der Waals surface area contributed by atoms with Crippen molar-refractivity contribution >= 4 is 0 Å². The van der Waals surface area contributed by atoms with Crippen molar-refractivity contribution in [1.82, 2.24) is 10.2 Å². The zero-order chi connectivity index (χ0) is 13.5. The lowest BCUT2D eigenvalue weighted by Crippen LogP contribution is -2.53. The van der Waals surface area contributed by atoms with Crippen molar-refractivity contribution < 1.29 is 0 Å². The molecule has 0 aliphatic carbocycles. The first-order chi connectivity index (χ1) is 8.63. The summed E-state index contributed by atoms with van der Waals surface area (Å²) in [5.74, 6) is 1.68. The average Bonchev–Trinajstić information content (AvgIpc) is 2.39. The van der Waals surface area contributed by atoms with Crippen LogP contribution in [0.4, 0.5) is 0 Å². The molecule has 0 bridgehead atoms. The maximum absolute atomic E-state index is 3.48. The number of nitrogens with one attached hydrogen (secondary N) is 1. The van der Waals surface area contributed by atoms with Gasteiger partial charge in [-0.1, -0.05) is 40.0 Å². The molecule has 1 aliphatic heterocycles. The van der Waals surface area contributed by atoms with E-state index in [-0.39, 0.29) is 0 Å². The summed E-state index contributed by atoms with van der Waals surface area (Å²) in [5.41, 5.74) is 0. The first-order valence-electron chi connectivity index (χ1n) is 8.05. The third-order valence-corrected chi connectivity index (χ3v) is 5.11. The van der Waals surface area contributed by atoms with Gasteiger partial charge in [0.2, 0.25) is 0 Å². The van der Waals surface area contributed by atoms with E-state index in [4.69, 9.17) is 0 Å². The number of rotatable bonds is 7. The molecule has 1 fully saturated rings. The van der Waals surface area contributed by atoms with Crippen LogP contribution in [0.2, 0.25) is 0 Å². The minimum Gasteiger partial charge on any atom is -0.317 e. The summed E-state index contributed by atoms with van der Waals surface area (Å²) < 4.78 is 0. The maximum Gasteiger partial charge on any atom is 0.0117 e. The summed E-state index contributed by atoms with van der Waals surface area (Å²) in [6.07, 6.45) is 6.80. The molecule has 0 amide bonds. The van der Waals surface area contributed by atoms with Gasteiger partial charge >= 0.3 is 0 Å². The van der Waals surface area contributed by atoms with Gasteiger partial charge in [-0.3, -0.25) is 0 Å². The molecule has 0 spiro atoms. The molecule has 2 nitrogen and oxygen atoms in total. The van der Waals surface area contributed by atoms with Crippen LogP contribution in [0.5, 0.6) is 0 Å². The number of nitrogens with zero attached hydrogens (tertiary/aromatic N) is 1. The zero-order valence-corrected chi connectivity index (χ0v) is 13.2. The van der Waals surface area contributed by atoms with E-state index >= 15 is 0 Å². The maximum atomic E-state index is 3.48. The van der Waals surface area contributed by atoms with Crippen molar-refractivity contribution in [3.63, 3.8) is 0 Å². The SMILES string of the molecule is CCCCC(CC)CN1CCC(NC)C(C)C1C. The van der Waals surface area contributed by atoms with Crippen molar-refractivity contribution in [2.75, 3.05) is 20.1 Å². The number of likely N-dealkylation sites (tertiary alicyclic amines) is 1. The first-order valence-corrected chi connectivity index (χ1v) is 8.05. The normalized spacial score (nSPS) is 31.5. The molecule has 4 unspecified atom stereocenters. The topological polar surface area (TPSA) is 15.3 Å².